The van der Waals surface area contributed by atoms with E-state index in [2.05, 4.69) is 28.2 Å². The summed E-state index contributed by atoms with van der Waals surface area (Å²) in [7, 11) is 0. The first kappa shape index (κ1) is 38.7. The molecule has 0 saturated heterocycles. The number of aliphatic hydroxyl groups is 2. The maximum absolute atomic E-state index is 12.6. The lowest BCUT2D eigenvalue weighted by Gasteiger charge is -2.48. The van der Waals surface area contributed by atoms with E-state index >= 15 is 0 Å². The van der Waals surface area contributed by atoms with Crippen LogP contribution in [0.2, 0.25) is 0 Å². The first-order valence-electron chi connectivity index (χ1n) is 19.0. The molecule has 14 heteroatoms. The first-order valence-corrected chi connectivity index (χ1v) is 19.0. The summed E-state index contributed by atoms with van der Waals surface area (Å²) in [5, 5.41) is 40.7. The molecule has 1 fully saturated rings. The Labute approximate surface area is 324 Å². The van der Waals surface area contributed by atoms with Gasteiger partial charge in [-0.3, -0.25) is 19.2 Å². The summed E-state index contributed by atoms with van der Waals surface area (Å²) in [6, 6.07) is 18.9. The highest BCUT2D eigenvalue weighted by Gasteiger charge is 2.52. The number of benzene rings is 4. The van der Waals surface area contributed by atoms with Gasteiger partial charge in [0.25, 0.3) is 0 Å². The fourth-order valence-electron chi connectivity index (χ4n) is 8.23. The number of unbranched alkanes of at least 4 members (excludes halogenated alkanes) is 2. The van der Waals surface area contributed by atoms with Crippen molar-refractivity contribution in [2.75, 3.05) is 47.7 Å². The molecule has 0 bridgehead atoms. The maximum Gasteiger partial charge on any atom is 0.305 e. The average Bonchev–Trinajstić information content (AvgIpc) is 3.17. The van der Waals surface area contributed by atoms with Gasteiger partial charge in [0, 0.05) is 72.5 Å². The fraction of sp³-hybridized carbons (Fsp3) is 0.429. The van der Waals surface area contributed by atoms with Gasteiger partial charge in [0.2, 0.25) is 0 Å². The number of nitrogens with one attached hydrogen (secondary N) is 4. The molecule has 1 aliphatic carbocycles. The van der Waals surface area contributed by atoms with Gasteiger partial charge >= 0.3 is 23.9 Å². The predicted molar refractivity (Wildman–Crippen MR) is 210 cm³/mol. The summed E-state index contributed by atoms with van der Waals surface area (Å²) in [6.45, 7) is 5.56. The normalized spacial score (nSPS) is 22.7. The summed E-state index contributed by atoms with van der Waals surface area (Å²) in [5.74, 6) is -2.99. The SMILES string of the molecule is CCCCCC(=O)OCC1(COC(C)=O)Nc2cccc3c(C4C(O)C(c5ccc6c7c(cccc57)NC(COC(C)=O)(COC(C)=O)N6)C4O)ccc(c23)N1. The molecule has 3 aliphatic rings. The number of hydrogen-bond donors (Lipinski definition) is 6. The van der Waals surface area contributed by atoms with Crippen molar-refractivity contribution >= 4 is 68.2 Å². The molecule has 14 nitrogen and oxygen atoms in total. The van der Waals surface area contributed by atoms with Crippen LogP contribution in [-0.2, 0) is 38.1 Å². The van der Waals surface area contributed by atoms with E-state index in [0.29, 0.717) is 29.2 Å². The Hall–Kier alpha value is -5.60. The van der Waals surface area contributed by atoms with Gasteiger partial charge in [0.1, 0.15) is 26.4 Å². The van der Waals surface area contributed by atoms with Crippen LogP contribution in [0.1, 0.15) is 76.3 Å². The monoisotopic (exact) mass is 768 g/mol. The highest BCUT2D eigenvalue weighted by atomic mass is 16.6. The third-order valence-corrected chi connectivity index (χ3v) is 10.9. The standard InChI is InChI=1S/C42H48N4O10/c1-5-6-7-14-34(50)56-22-42(21-55-25(4)49)44-31-13-9-11-27-29(16-18-33(46-42)36(27)31)38-39(51)37(40(38)52)28-15-17-32-35-26(28)10-8-12-30(35)43-41(45-32,19-53-23(2)47)20-54-24(3)48/h8-13,15-18,37-40,43-46,51-52H,5-7,14,19-22H2,1-4H3. The lowest BCUT2D eigenvalue weighted by atomic mass is 9.62. The van der Waals surface area contributed by atoms with E-state index in [-0.39, 0.29) is 32.4 Å². The molecule has 4 aromatic carbocycles. The number of carbonyl (C=O) groups excluding carboxylic acids is 4. The van der Waals surface area contributed by atoms with Crippen molar-refractivity contribution in [2.24, 2.45) is 0 Å². The van der Waals surface area contributed by atoms with Crippen molar-refractivity contribution in [2.45, 2.75) is 88.7 Å². The van der Waals surface area contributed by atoms with Gasteiger partial charge in [-0.15, -0.1) is 0 Å². The van der Waals surface area contributed by atoms with Crippen LogP contribution in [0.25, 0.3) is 21.5 Å². The summed E-state index contributed by atoms with van der Waals surface area (Å²) in [4.78, 5) is 48.0. The van der Waals surface area contributed by atoms with Crippen LogP contribution in [0.5, 0.6) is 0 Å². The number of rotatable bonds is 14. The van der Waals surface area contributed by atoms with Gasteiger partial charge in [0.05, 0.1) is 12.2 Å². The van der Waals surface area contributed by atoms with Crippen LogP contribution < -0.4 is 21.3 Å². The zero-order chi connectivity index (χ0) is 39.8. The molecular formula is C42H48N4O10. The average molecular weight is 769 g/mol. The summed E-state index contributed by atoms with van der Waals surface area (Å²) in [5.41, 5.74) is 2.12. The van der Waals surface area contributed by atoms with Crippen LogP contribution in [0.15, 0.2) is 60.7 Å². The smallest absolute Gasteiger partial charge is 0.305 e. The molecule has 4 aromatic rings. The van der Waals surface area contributed by atoms with Gasteiger partial charge in [0.15, 0.2) is 11.3 Å². The van der Waals surface area contributed by atoms with E-state index < -0.39 is 53.3 Å². The molecule has 296 valence electrons. The highest BCUT2D eigenvalue weighted by molar-refractivity contribution is 6.08. The molecular weight excluding hydrogens is 720 g/mol. The lowest BCUT2D eigenvalue weighted by molar-refractivity contribution is -0.148. The molecule has 2 heterocycles. The minimum absolute atomic E-state index is 0.0938. The molecule has 3 atom stereocenters. The predicted octanol–water partition coefficient (Wildman–Crippen LogP) is 5.48. The Morgan fingerprint density at radius 3 is 1.36 bits per heavy atom. The minimum atomic E-state index is -1.13. The molecule has 2 aliphatic heterocycles. The minimum Gasteiger partial charge on any atom is -0.461 e. The molecule has 7 rings (SSSR count). The Kier molecular flexibility index (Phi) is 10.7. The van der Waals surface area contributed by atoms with Crippen molar-refractivity contribution in [1.29, 1.82) is 0 Å². The van der Waals surface area contributed by atoms with Crippen LogP contribution in [0.3, 0.4) is 0 Å². The van der Waals surface area contributed by atoms with Crippen molar-refractivity contribution in [1.82, 2.24) is 0 Å². The van der Waals surface area contributed by atoms with E-state index in [1.54, 1.807) is 0 Å². The molecule has 0 aromatic heterocycles. The zero-order valence-electron chi connectivity index (χ0n) is 31.9. The molecule has 0 spiro atoms. The van der Waals surface area contributed by atoms with Crippen molar-refractivity contribution in [3.8, 4) is 0 Å². The lowest BCUT2D eigenvalue weighted by Crippen LogP contribution is -2.56. The fourth-order valence-corrected chi connectivity index (χ4v) is 8.23. The van der Waals surface area contributed by atoms with Crippen LogP contribution in [0.4, 0.5) is 22.7 Å². The number of ether oxygens (including phenoxy) is 4. The van der Waals surface area contributed by atoms with Crippen molar-refractivity contribution in [3.63, 3.8) is 0 Å². The van der Waals surface area contributed by atoms with E-state index in [0.717, 1.165) is 51.9 Å². The maximum atomic E-state index is 12.6. The molecule has 3 unspecified atom stereocenters. The van der Waals surface area contributed by atoms with Crippen molar-refractivity contribution in [3.05, 3.63) is 71.8 Å². The van der Waals surface area contributed by atoms with E-state index in [9.17, 15) is 29.4 Å². The summed E-state index contributed by atoms with van der Waals surface area (Å²) < 4.78 is 21.8. The van der Waals surface area contributed by atoms with E-state index in [1.165, 1.54) is 20.8 Å². The Bertz CT molecular complexity index is 2140. The molecule has 56 heavy (non-hydrogen) atoms. The number of anilines is 4. The van der Waals surface area contributed by atoms with Crippen LogP contribution in [-0.4, -0.2) is 84.1 Å². The summed E-state index contributed by atoms with van der Waals surface area (Å²) >= 11 is 0. The zero-order valence-corrected chi connectivity index (χ0v) is 31.9. The largest absolute Gasteiger partial charge is 0.461 e. The first-order chi connectivity index (χ1) is 26.8. The second-order valence-electron chi connectivity index (χ2n) is 15.0. The number of hydrogen-bond acceptors (Lipinski definition) is 14. The summed E-state index contributed by atoms with van der Waals surface area (Å²) in [6.07, 6.45) is 1.06. The van der Waals surface area contributed by atoms with Gasteiger partial charge in [-0.25, -0.2) is 0 Å². The second kappa shape index (κ2) is 15.5. The molecule has 0 amide bonds. The number of esters is 4. The highest BCUT2D eigenvalue weighted by Crippen LogP contribution is 2.54. The molecule has 0 radical (unpaired) electrons. The van der Waals surface area contributed by atoms with Crippen LogP contribution in [0, 0.1) is 0 Å². The third kappa shape index (κ3) is 7.38. The Morgan fingerprint density at radius 2 is 0.964 bits per heavy atom. The quantitative estimate of drug-likeness (QED) is 0.0537. The van der Waals surface area contributed by atoms with Crippen molar-refractivity contribution < 1.29 is 48.3 Å². The third-order valence-electron chi connectivity index (χ3n) is 10.9. The van der Waals surface area contributed by atoms with Gasteiger partial charge in [-0.2, -0.15) is 0 Å². The van der Waals surface area contributed by atoms with Crippen LogP contribution >= 0.6 is 0 Å². The Balaban J connectivity index is 1.15. The number of aliphatic hydroxyl groups excluding tert-OH is 2. The topological polar surface area (TPSA) is 194 Å². The number of carbonyl (C=O) groups is 4. The molecule has 6 N–H and O–H groups in total. The van der Waals surface area contributed by atoms with Gasteiger partial charge < -0.3 is 50.4 Å². The second-order valence-corrected chi connectivity index (χ2v) is 15.0. The van der Waals surface area contributed by atoms with E-state index in [4.69, 9.17) is 18.9 Å². The van der Waals surface area contributed by atoms with Gasteiger partial charge in [-0.1, -0.05) is 56.2 Å². The molecule has 1 saturated carbocycles. The van der Waals surface area contributed by atoms with Gasteiger partial charge in [-0.05, 0) is 52.6 Å². The Morgan fingerprint density at radius 1 is 0.571 bits per heavy atom. The van der Waals surface area contributed by atoms with E-state index in [1.807, 2.05) is 60.7 Å².